The molecule has 11 heteroatoms. The lowest BCUT2D eigenvalue weighted by molar-refractivity contribution is -0.137. The van der Waals surface area contributed by atoms with Crippen LogP contribution in [0.2, 0.25) is 5.02 Å². The summed E-state index contributed by atoms with van der Waals surface area (Å²) in [6.45, 7) is 1.51. The molecule has 2 heterocycles. The lowest BCUT2D eigenvalue weighted by Crippen LogP contribution is -2.50. The largest absolute Gasteiger partial charge is 0.418 e. The minimum atomic E-state index is -4.80. The first-order valence-corrected chi connectivity index (χ1v) is 16.3. The van der Waals surface area contributed by atoms with Crippen molar-refractivity contribution in [3.63, 3.8) is 0 Å². The van der Waals surface area contributed by atoms with E-state index in [9.17, 15) is 28.0 Å². The predicted octanol–water partition coefficient (Wildman–Crippen LogP) is 6.01. The van der Waals surface area contributed by atoms with Crippen LogP contribution in [0.1, 0.15) is 28.3 Å². The summed E-state index contributed by atoms with van der Waals surface area (Å²) in [5, 5.41) is 10.7. The van der Waals surface area contributed by atoms with Gasteiger partial charge in [-0.1, -0.05) is 103 Å². The van der Waals surface area contributed by atoms with E-state index in [0.717, 1.165) is 39.2 Å². The molecule has 6 nitrogen and oxygen atoms in total. The fraction of sp³-hybridized carbons (Fsp3) is 0.162. The predicted molar refractivity (Wildman–Crippen MR) is 181 cm³/mol. The third-order valence-electron chi connectivity index (χ3n) is 8.20. The number of para-hydroxylation sites is 1. The van der Waals surface area contributed by atoms with E-state index < -0.39 is 34.5 Å². The number of thiazole rings is 1. The topological polar surface area (TPSA) is 69.3 Å². The Labute approximate surface area is 283 Å². The normalized spacial score (nSPS) is 15.0. The van der Waals surface area contributed by atoms with Crippen LogP contribution >= 0.6 is 22.9 Å². The fourth-order valence-electron chi connectivity index (χ4n) is 5.92. The molecule has 0 unspecified atom stereocenters. The number of nitrogens with zero attached hydrogens (tertiary/aromatic N) is 4. The molecule has 0 aliphatic carbocycles. The highest BCUT2D eigenvalue weighted by Gasteiger charge is 2.35. The van der Waals surface area contributed by atoms with Crippen LogP contribution in [-0.4, -0.2) is 46.5 Å². The molecule has 1 fully saturated rings. The van der Waals surface area contributed by atoms with Crippen LogP contribution in [-0.2, 0) is 11.0 Å². The van der Waals surface area contributed by atoms with Crippen LogP contribution in [0.25, 0.3) is 17.3 Å². The van der Waals surface area contributed by atoms with Crippen LogP contribution in [0.15, 0.2) is 114 Å². The molecule has 0 N–H and O–H groups in total. The van der Waals surface area contributed by atoms with Gasteiger partial charge in [-0.25, -0.2) is 0 Å². The average Bonchev–Trinajstić information content (AvgIpc) is 3.41. The van der Waals surface area contributed by atoms with Gasteiger partial charge < -0.3 is 4.90 Å². The van der Waals surface area contributed by atoms with Crippen molar-refractivity contribution < 1.29 is 18.0 Å². The van der Waals surface area contributed by atoms with Gasteiger partial charge in [0.15, 0.2) is 5.57 Å². The van der Waals surface area contributed by atoms with E-state index >= 15 is 0 Å². The Bertz CT molecular complexity index is 2130. The van der Waals surface area contributed by atoms with Crippen molar-refractivity contribution in [3.05, 3.63) is 156 Å². The lowest BCUT2D eigenvalue weighted by Gasteiger charge is -2.39. The van der Waals surface area contributed by atoms with Gasteiger partial charge in [-0.2, -0.15) is 18.4 Å². The van der Waals surface area contributed by atoms with Crippen molar-refractivity contribution in [2.45, 2.75) is 12.2 Å². The number of rotatable bonds is 6. The maximum absolute atomic E-state index is 14.2. The summed E-state index contributed by atoms with van der Waals surface area (Å²) in [7, 11) is 0. The standard InChI is InChI=1S/C37H28ClF3N4O2S/c38-30-17-9-7-15-27(30)23-32-35(47)45(31-18-10-8-16-29(31)37(39,40)41)36(48-32)28(24-42)34(46)44-21-19-43(20-22-44)33(25-11-3-1-4-12-25)26-13-5-2-6-14-26/h1-18,23,33H,19-22H2/b32-23+,36-28-. The molecule has 0 bridgehead atoms. The quantitative estimate of drug-likeness (QED) is 0.220. The van der Waals surface area contributed by atoms with Gasteiger partial charge in [-0.3, -0.25) is 19.1 Å². The molecule has 0 atom stereocenters. The van der Waals surface area contributed by atoms with Crippen LogP contribution in [0.3, 0.4) is 0 Å². The first-order valence-electron chi connectivity index (χ1n) is 15.1. The van der Waals surface area contributed by atoms with Gasteiger partial charge in [0.25, 0.3) is 11.5 Å². The average molecular weight is 685 g/mol. The molecule has 0 spiro atoms. The number of hydrogen-bond acceptors (Lipinski definition) is 5. The van der Waals surface area contributed by atoms with Crippen molar-refractivity contribution >= 4 is 40.5 Å². The Morgan fingerprint density at radius 3 is 1.98 bits per heavy atom. The van der Waals surface area contributed by atoms with Crippen molar-refractivity contribution in [2.75, 3.05) is 26.2 Å². The number of halogens is 4. The Hall–Kier alpha value is -4.95. The molecule has 1 saturated heterocycles. The molecule has 1 amide bonds. The second-order valence-electron chi connectivity index (χ2n) is 11.1. The molecule has 0 radical (unpaired) electrons. The first kappa shape index (κ1) is 33.0. The van der Waals surface area contributed by atoms with Crippen molar-refractivity contribution in [1.29, 1.82) is 5.26 Å². The van der Waals surface area contributed by atoms with Gasteiger partial charge >= 0.3 is 6.18 Å². The van der Waals surface area contributed by atoms with Crippen LogP contribution in [0.5, 0.6) is 0 Å². The third-order valence-corrected chi connectivity index (χ3v) is 9.64. The number of piperazine rings is 1. The molecule has 6 rings (SSSR count). The van der Waals surface area contributed by atoms with E-state index in [1.807, 2.05) is 42.5 Å². The monoisotopic (exact) mass is 684 g/mol. The molecule has 1 aliphatic heterocycles. The van der Waals surface area contributed by atoms with Crippen LogP contribution < -0.4 is 14.8 Å². The second kappa shape index (κ2) is 14.0. The molecular formula is C37H28ClF3N4O2S. The van der Waals surface area contributed by atoms with E-state index in [2.05, 4.69) is 29.2 Å². The van der Waals surface area contributed by atoms with Gasteiger partial charge in [0.2, 0.25) is 0 Å². The number of aromatic nitrogens is 1. The molecular weight excluding hydrogens is 657 g/mol. The molecule has 5 aromatic rings. The number of alkyl halides is 3. The van der Waals surface area contributed by atoms with Gasteiger partial charge in [-0.05, 0) is 41.0 Å². The number of carbonyl (C=O) groups is 1. The number of nitriles is 1. The molecule has 0 saturated carbocycles. The highest BCUT2D eigenvalue weighted by Crippen LogP contribution is 2.33. The maximum Gasteiger partial charge on any atom is 0.418 e. The van der Waals surface area contributed by atoms with E-state index in [4.69, 9.17) is 11.6 Å². The fourth-order valence-corrected chi connectivity index (χ4v) is 7.19. The number of benzene rings is 4. The van der Waals surface area contributed by atoms with Crippen LogP contribution in [0, 0.1) is 11.3 Å². The van der Waals surface area contributed by atoms with E-state index in [1.54, 1.807) is 24.3 Å². The summed E-state index contributed by atoms with van der Waals surface area (Å²) in [5.74, 6) is -0.656. The van der Waals surface area contributed by atoms with E-state index in [-0.39, 0.29) is 28.3 Å². The SMILES string of the molecule is N#C/C(C(=O)N1CCN(C(c2ccccc2)c2ccccc2)CC1)=c1/s/c(=C/c2ccccc2Cl)c(=O)n1-c1ccccc1C(F)(F)F. The minimum Gasteiger partial charge on any atom is -0.335 e. The Balaban J connectivity index is 1.42. The van der Waals surface area contributed by atoms with Gasteiger partial charge in [0.1, 0.15) is 10.7 Å². The van der Waals surface area contributed by atoms with Gasteiger partial charge in [0.05, 0.1) is 21.8 Å². The summed E-state index contributed by atoms with van der Waals surface area (Å²) in [4.78, 5) is 31.7. The highest BCUT2D eigenvalue weighted by molar-refractivity contribution is 7.07. The highest BCUT2D eigenvalue weighted by atomic mass is 35.5. The van der Waals surface area contributed by atoms with Gasteiger partial charge in [0, 0.05) is 31.2 Å². The number of carbonyl (C=O) groups excluding carboxylic acids is 1. The summed E-state index contributed by atoms with van der Waals surface area (Å²) < 4.78 is 43.2. The maximum atomic E-state index is 14.2. The van der Waals surface area contributed by atoms with Crippen molar-refractivity contribution in [3.8, 4) is 11.8 Å². The molecule has 48 heavy (non-hydrogen) atoms. The van der Waals surface area contributed by atoms with Gasteiger partial charge in [-0.15, -0.1) is 11.3 Å². The Morgan fingerprint density at radius 1 is 0.833 bits per heavy atom. The van der Waals surface area contributed by atoms with Crippen LogP contribution in [0.4, 0.5) is 13.2 Å². The summed E-state index contributed by atoms with van der Waals surface area (Å²) >= 11 is 7.10. The minimum absolute atomic E-state index is 0.0222. The smallest absolute Gasteiger partial charge is 0.335 e. The lowest BCUT2D eigenvalue weighted by atomic mass is 9.96. The Kier molecular flexibility index (Phi) is 9.64. The molecule has 1 aromatic heterocycles. The number of amides is 1. The molecule has 4 aromatic carbocycles. The van der Waals surface area contributed by atoms with Crippen molar-refractivity contribution in [1.82, 2.24) is 14.4 Å². The second-order valence-corrected chi connectivity index (χ2v) is 12.6. The first-order chi connectivity index (χ1) is 23.2. The number of hydrogen-bond donors (Lipinski definition) is 0. The van der Waals surface area contributed by atoms with E-state index in [0.29, 0.717) is 23.7 Å². The third kappa shape index (κ3) is 6.71. The Morgan fingerprint density at radius 2 is 1.40 bits per heavy atom. The summed E-state index contributed by atoms with van der Waals surface area (Å²) in [6.07, 6.45) is -3.35. The zero-order valence-corrected chi connectivity index (χ0v) is 27.0. The molecule has 242 valence electrons. The summed E-state index contributed by atoms with van der Waals surface area (Å²) in [6, 6.07) is 33.2. The zero-order chi connectivity index (χ0) is 33.8. The van der Waals surface area contributed by atoms with Crippen molar-refractivity contribution in [2.24, 2.45) is 0 Å². The summed E-state index contributed by atoms with van der Waals surface area (Å²) in [5.41, 5.74) is -0.0927. The van der Waals surface area contributed by atoms with E-state index in [1.165, 1.54) is 23.1 Å². The zero-order valence-electron chi connectivity index (χ0n) is 25.4. The molecule has 1 aliphatic rings.